The van der Waals surface area contributed by atoms with E-state index in [1.165, 1.54) is 0 Å². The molecular formula is C11H15BrN2OS. The number of rotatable bonds is 4. The van der Waals surface area contributed by atoms with Gasteiger partial charge in [-0.2, -0.15) is 0 Å². The average molecular weight is 303 g/mol. The number of nitrogens with one attached hydrogen (secondary N) is 1. The molecule has 0 aliphatic heterocycles. The van der Waals surface area contributed by atoms with E-state index in [1.54, 1.807) is 11.8 Å². The van der Waals surface area contributed by atoms with E-state index >= 15 is 0 Å². The molecular weight excluding hydrogens is 288 g/mol. The summed E-state index contributed by atoms with van der Waals surface area (Å²) in [7, 11) is 0. The van der Waals surface area contributed by atoms with Crippen molar-refractivity contribution in [1.29, 1.82) is 0 Å². The minimum Gasteiger partial charge on any atom is -0.494 e. The lowest BCUT2D eigenvalue weighted by atomic mass is 10.3. The second kappa shape index (κ2) is 6.15. The monoisotopic (exact) mass is 302 g/mol. The molecule has 0 atom stereocenters. The highest BCUT2D eigenvalue weighted by Gasteiger charge is 2.03. The van der Waals surface area contributed by atoms with Gasteiger partial charge in [-0.15, -0.1) is 17.0 Å². The summed E-state index contributed by atoms with van der Waals surface area (Å²) in [5.74, 6) is 1.92. The Morgan fingerprint density at radius 1 is 1.38 bits per heavy atom. The molecule has 1 N–H and O–H groups in total. The molecule has 0 aliphatic carbocycles. The Hall–Kier alpha value is -0.680. The highest BCUT2D eigenvalue weighted by atomic mass is 79.9. The third-order valence-electron chi connectivity index (χ3n) is 2.02. The first kappa shape index (κ1) is 13.4. The number of halogens is 1. The van der Waals surface area contributed by atoms with Crippen LogP contribution in [0, 0.1) is 0 Å². The zero-order chi connectivity index (χ0) is 10.7. The number of H-pyrrole nitrogens is 1. The van der Waals surface area contributed by atoms with Crippen molar-refractivity contribution >= 4 is 39.8 Å². The number of imidazole rings is 1. The molecule has 5 heteroatoms. The van der Waals surface area contributed by atoms with Gasteiger partial charge in [-0.05, 0) is 24.8 Å². The number of aromatic nitrogens is 2. The average Bonchev–Trinajstić information content (AvgIpc) is 2.60. The van der Waals surface area contributed by atoms with Crippen LogP contribution in [0.1, 0.15) is 13.8 Å². The van der Waals surface area contributed by atoms with Crippen LogP contribution in [0.15, 0.2) is 23.4 Å². The fraction of sp³-hybridized carbons (Fsp3) is 0.364. The zero-order valence-electron chi connectivity index (χ0n) is 9.32. The van der Waals surface area contributed by atoms with Gasteiger partial charge in [-0.3, -0.25) is 0 Å². The molecule has 0 spiro atoms. The van der Waals surface area contributed by atoms with E-state index in [2.05, 4.69) is 16.9 Å². The number of benzene rings is 1. The van der Waals surface area contributed by atoms with Crippen LogP contribution in [-0.2, 0) is 0 Å². The van der Waals surface area contributed by atoms with Gasteiger partial charge in [0.15, 0.2) is 5.16 Å². The van der Waals surface area contributed by atoms with Gasteiger partial charge in [0.25, 0.3) is 0 Å². The second-order valence-corrected chi connectivity index (χ2v) is 4.34. The topological polar surface area (TPSA) is 37.9 Å². The zero-order valence-corrected chi connectivity index (χ0v) is 11.8. The van der Waals surface area contributed by atoms with Crippen molar-refractivity contribution in [3.05, 3.63) is 18.2 Å². The predicted molar refractivity (Wildman–Crippen MR) is 74.0 cm³/mol. The minimum absolute atomic E-state index is 0. The summed E-state index contributed by atoms with van der Waals surface area (Å²) < 4.78 is 5.43. The lowest BCUT2D eigenvalue weighted by molar-refractivity contribution is 0.340. The summed E-state index contributed by atoms with van der Waals surface area (Å²) in [6.45, 7) is 4.79. The van der Waals surface area contributed by atoms with Gasteiger partial charge in [0.2, 0.25) is 0 Å². The Kier molecular flexibility index (Phi) is 5.15. The molecule has 88 valence electrons. The van der Waals surface area contributed by atoms with E-state index in [9.17, 15) is 0 Å². The SMILES string of the molecule is Br.CCOc1ccc2nc(SCC)[nH]c2c1. The van der Waals surface area contributed by atoms with E-state index < -0.39 is 0 Å². The number of thioether (sulfide) groups is 1. The first-order chi connectivity index (χ1) is 7.33. The molecule has 2 aromatic rings. The van der Waals surface area contributed by atoms with Crippen molar-refractivity contribution in [2.45, 2.75) is 19.0 Å². The fourth-order valence-electron chi connectivity index (χ4n) is 1.43. The van der Waals surface area contributed by atoms with Gasteiger partial charge in [-0.1, -0.05) is 18.7 Å². The van der Waals surface area contributed by atoms with Crippen molar-refractivity contribution in [1.82, 2.24) is 9.97 Å². The highest BCUT2D eigenvalue weighted by molar-refractivity contribution is 8.93. The molecule has 2 rings (SSSR count). The van der Waals surface area contributed by atoms with Gasteiger partial charge < -0.3 is 9.72 Å². The summed E-state index contributed by atoms with van der Waals surface area (Å²) >= 11 is 1.71. The van der Waals surface area contributed by atoms with Crippen molar-refractivity contribution in [2.24, 2.45) is 0 Å². The maximum atomic E-state index is 5.43. The third-order valence-corrected chi connectivity index (χ3v) is 2.78. The van der Waals surface area contributed by atoms with Crippen LogP contribution in [0.4, 0.5) is 0 Å². The summed E-state index contributed by atoms with van der Waals surface area (Å²) in [6.07, 6.45) is 0. The minimum atomic E-state index is 0. The van der Waals surface area contributed by atoms with Gasteiger partial charge in [0.1, 0.15) is 5.75 Å². The Morgan fingerprint density at radius 3 is 2.88 bits per heavy atom. The fourth-order valence-corrected chi connectivity index (χ4v) is 2.05. The van der Waals surface area contributed by atoms with Gasteiger partial charge in [0.05, 0.1) is 17.6 Å². The summed E-state index contributed by atoms with van der Waals surface area (Å²) in [4.78, 5) is 7.72. The molecule has 0 unspecified atom stereocenters. The number of hydrogen-bond donors (Lipinski definition) is 1. The number of fused-ring (bicyclic) bond motifs is 1. The van der Waals surface area contributed by atoms with Crippen LogP contribution in [0.3, 0.4) is 0 Å². The molecule has 1 aromatic carbocycles. The molecule has 0 saturated heterocycles. The first-order valence-corrected chi connectivity index (χ1v) is 6.07. The number of ether oxygens (including phenoxy) is 1. The van der Waals surface area contributed by atoms with Crippen LogP contribution in [0.5, 0.6) is 5.75 Å². The van der Waals surface area contributed by atoms with E-state index in [4.69, 9.17) is 4.74 Å². The van der Waals surface area contributed by atoms with Crippen LogP contribution in [0.2, 0.25) is 0 Å². The molecule has 3 nitrogen and oxygen atoms in total. The second-order valence-electron chi connectivity index (χ2n) is 3.09. The maximum Gasteiger partial charge on any atom is 0.166 e. The Bertz CT molecular complexity index is 454. The summed E-state index contributed by atoms with van der Waals surface area (Å²) in [6, 6.07) is 5.93. The molecule has 0 saturated carbocycles. The lowest BCUT2D eigenvalue weighted by Gasteiger charge is -2.00. The quantitative estimate of drug-likeness (QED) is 0.876. The molecule has 0 aliphatic rings. The van der Waals surface area contributed by atoms with Crippen LogP contribution in [0.25, 0.3) is 11.0 Å². The molecule has 1 aromatic heterocycles. The standard InChI is InChI=1S/C11H14N2OS.BrH/c1-3-14-8-5-6-9-10(7-8)13-11(12-9)15-4-2;/h5-7H,3-4H2,1-2H3,(H,12,13);1H. The highest BCUT2D eigenvalue weighted by Crippen LogP contribution is 2.22. The van der Waals surface area contributed by atoms with E-state index in [-0.39, 0.29) is 17.0 Å². The molecule has 1 heterocycles. The third kappa shape index (κ3) is 2.92. The van der Waals surface area contributed by atoms with Crippen LogP contribution >= 0.6 is 28.7 Å². The van der Waals surface area contributed by atoms with Crippen LogP contribution in [-0.4, -0.2) is 22.3 Å². The summed E-state index contributed by atoms with van der Waals surface area (Å²) in [5, 5.41) is 0.973. The molecule has 0 fully saturated rings. The van der Waals surface area contributed by atoms with Gasteiger partial charge in [-0.25, -0.2) is 4.98 Å². The van der Waals surface area contributed by atoms with E-state index in [0.29, 0.717) is 6.61 Å². The van der Waals surface area contributed by atoms with Crippen molar-refractivity contribution in [3.63, 3.8) is 0 Å². The van der Waals surface area contributed by atoms with Crippen LogP contribution < -0.4 is 4.74 Å². The largest absolute Gasteiger partial charge is 0.494 e. The molecule has 0 amide bonds. The maximum absolute atomic E-state index is 5.43. The van der Waals surface area contributed by atoms with Crippen molar-refractivity contribution in [2.75, 3.05) is 12.4 Å². The Balaban J connectivity index is 0.00000128. The molecule has 16 heavy (non-hydrogen) atoms. The Labute approximate surface area is 110 Å². The normalized spacial score (nSPS) is 10.1. The van der Waals surface area contributed by atoms with Gasteiger partial charge >= 0.3 is 0 Å². The smallest absolute Gasteiger partial charge is 0.166 e. The predicted octanol–water partition coefficient (Wildman–Crippen LogP) is 3.65. The Morgan fingerprint density at radius 2 is 2.19 bits per heavy atom. The van der Waals surface area contributed by atoms with Crippen molar-refractivity contribution < 1.29 is 4.74 Å². The van der Waals surface area contributed by atoms with Crippen molar-refractivity contribution in [3.8, 4) is 5.75 Å². The first-order valence-electron chi connectivity index (χ1n) is 5.09. The van der Waals surface area contributed by atoms with Gasteiger partial charge in [0, 0.05) is 6.07 Å². The van der Waals surface area contributed by atoms with E-state index in [0.717, 1.165) is 27.7 Å². The number of hydrogen-bond acceptors (Lipinski definition) is 3. The summed E-state index contributed by atoms with van der Waals surface area (Å²) in [5.41, 5.74) is 2.03. The van der Waals surface area contributed by atoms with E-state index in [1.807, 2.05) is 25.1 Å². The molecule has 0 radical (unpaired) electrons. The number of aromatic amines is 1. The molecule has 0 bridgehead atoms. The number of nitrogens with zero attached hydrogens (tertiary/aromatic N) is 1. The lowest BCUT2D eigenvalue weighted by Crippen LogP contribution is -1.90.